The van der Waals surface area contributed by atoms with Gasteiger partial charge in [0.15, 0.2) is 0 Å². The smallest absolute Gasteiger partial charge is 0.0567 e. The van der Waals surface area contributed by atoms with Gasteiger partial charge in [-0.15, -0.1) is 11.3 Å². The summed E-state index contributed by atoms with van der Waals surface area (Å²) in [5.41, 5.74) is 12.9. The third kappa shape index (κ3) is 2.36. The van der Waals surface area contributed by atoms with Crippen molar-refractivity contribution >= 4 is 11.3 Å². The molecule has 0 bridgehead atoms. The van der Waals surface area contributed by atoms with E-state index in [4.69, 9.17) is 5.73 Å². The molecule has 1 aromatic carbocycles. The molecule has 0 amide bonds. The molecule has 1 nitrogen and oxygen atoms in total. The predicted octanol–water partition coefficient (Wildman–Crippen LogP) is 4.34. The Labute approximate surface area is 114 Å². The number of benzene rings is 1. The minimum atomic E-state index is -0.00412. The Balaban J connectivity index is 2.52. The zero-order chi connectivity index (χ0) is 13.4. The summed E-state index contributed by atoms with van der Waals surface area (Å²) >= 11 is 1.83. The van der Waals surface area contributed by atoms with Gasteiger partial charge in [0.25, 0.3) is 0 Å². The van der Waals surface area contributed by atoms with Crippen LogP contribution in [0, 0.1) is 34.6 Å². The van der Waals surface area contributed by atoms with Crippen molar-refractivity contribution in [2.45, 2.75) is 40.7 Å². The third-order valence-electron chi connectivity index (χ3n) is 3.46. The van der Waals surface area contributed by atoms with Crippen LogP contribution in [0.3, 0.4) is 0 Å². The molecule has 0 radical (unpaired) electrons. The molecular formula is C16H21NS. The van der Waals surface area contributed by atoms with Gasteiger partial charge in [-0.05, 0) is 62.9 Å². The average molecular weight is 259 g/mol. The van der Waals surface area contributed by atoms with Gasteiger partial charge in [-0.1, -0.05) is 17.7 Å². The molecule has 18 heavy (non-hydrogen) atoms. The van der Waals surface area contributed by atoms with Crippen LogP contribution in [-0.4, -0.2) is 0 Å². The molecular weight excluding hydrogens is 238 g/mol. The monoisotopic (exact) mass is 259 g/mol. The van der Waals surface area contributed by atoms with Gasteiger partial charge in [0, 0.05) is 9.75 Å². The van der Waals surface area contributed by atoms with E-state index < -0.39 is 0 Å². The summed E-state index contributed by atoms with van der Waals surface area (Å²) in [5.74, 6) is 0. The largest absolute Gasteiger partial charge is 0.320 e. The van der Waals surface area contributed by atoms with E-state index in [0.717, 1.165) is 0 Å². The molecule has 0 fully saturated rings. The molecule has 1 aromatic heterocycles. The third-order valence-corrected chi connectivity index (χ3v) is 4.45. The fourth-order valence-corrected chi connectivity index (χ4v) is 3.77. The molecule has 2 N–H and O–H groups in total. The number of rotatable bonds is 2. The molecule has 0 aliphatic heterocycles. The molecule has 2 heteroatoms. The van der Waals surface area contributed by atoms with Crippen LogP contribution in [0.4, 0.5) is 0 Å². The summed E-state index contributed by atoms with van der Waals surface area (Å²) < 4.78 is 0. The van der Waals surface area contributed by atoms with Crippen molar-refractivity contribution < 1.29 is 0 Å². The topological polar surface area (TPSA) is 26.0 Å². The molecule has 1 atom stereocenters. The Morgan fingerprint density at radius 1 is 0.944 bits per heavy atom. The van der Waals surface area contributed by atoms with Gasteiger partial charge in [-0.2, -0.15) is 0 Å². The molecule has 96 valence electrons. The van der Waals surface area contributed by atoms with Crippen molar-refractivity contribution in [1.82, 2.24) is 0 Å². The van der Waals surface area contributed by atoms with E-state index in [2.05, 4.69) is 52.8 Å². The number of nitrogens with two attached hydrogens (primary N) is 1. The van der Waals surface area contributed by atoms with Crippen molar-refractivity contribution in [3.8, 4) is 0 Å². The first-order valence-electron chi connectivity index (χ1n) is 6.30. The van der Waals surface area contributed by atoms with Crippen LogP contribution in [-0.2, 0) is 0 Å². The molecule has 2 aromatic rings. The van der Waals surface area contributed by atoms with Crippen LogP contribution in [0.5, 0.6) is 0 Å². The van der Waals surface area contributed by atoms with Crippen molar-refractivity contribution in [2.24, 2.45) is 5.73 Å². The maximum Gasteiger partial charge on any atom is 0.0567 e. The Bertz CT molecular complexity index is 558. The lowest BCUT2D eigenvalue weighted by atomic mass is 9.91. The molecule has 1 unspecified atom stereocenters. The van der Waals surface area contributed by atoms with Crippen molar-refractivity contribution in [1.29, 1.82) is 0 Å². The van der Waals surface area contributed by atoms with Crippen LogP contribution < -0.4 is 5.73 Å². The summed E-state index contributed by atoms with van der Waals surface area (Å²) in [7, 11) is 0. The Kier molecular flexibility index (Phi) is 3.60. The lowest BCUT2D eigenvalue weighted by Gasteiger charge is -2.18. The van der Waals surface area contributed by atoms with Gasteiger partial charge >= 0.3 is 0 Å². The van der Waals surface area contributed by atoms with E-state index in [-0.39, 0.29) is 6.04 Å². The van der Waals surface area contributed by atoms with Gasteiger partial charge in [0.05, 0.1) is 6.04 Å². The Morgan fingerprint density at radius 2 is 1.50 bits per heavy atom. The van der Waals surface area contributed by atoms with Crippen LogP contribution in [0.2, 0.25) is 0 Å². The lowest BCUT2D eigenvalue weighted by Crippen LogP contribution is -2.15. The second kappa shape index (κ2) is 4.87. The predicted molar refractivity (Wildman–Crippen MR) is 80.5 cm³/mol. The lowest BCUT2D eigenvalue weighted by molar-refractivity contribution is 0.848. The first-order valence-corrected chi connectivity index (χ1v) is 7.12. The van der Waals surface area contributed by atoms with Crippen molar-refractivity contribution in [3.05, 3.63) is 55.8 Å². The van der Waals surface area contributed by atoms with Crippen LogP contribution in [0.25, 0.3) is 0 Å². The highest BCUT2D eigenvalue weighted by atomic mass is 32.1. The quantitative estimate of drug-likeness (QED) is 0.853. The average Bonchev–Trinajstić information content (AvgIpc) is 2.56. The van der Waals surface area contributed by atoms with Gasteiger partial charge < -0.3 is 5.73 Å². The zero-order valence-electron chi connectivity index (χ0n) is 11.8. The summed E-state index contributed by atoms with van der Waals surface area (Å²) in [5, 5.41) is 0. The van der Waals surface area contributed by atoms with E-state index in [1.54, 1.807) is 0 Å². The number of hydrogen-bond acceptors (Lipinski definition) is 2. The van der Waals surface area contributed by atoms with E-state index in [9.17, 15) is 0 Å². The van der Waals surface area contributed by atoms with Crippen molar-refractivity contribution in [3.63, 3.8) is 0 Å². The van der Waals surface area contributed by atoms with Gasteiger partial charge in [0.1, 0.15) is 0 Å². The molecule has 2 rings (SSSR count). The molecule has 0 aliphatic rings. The van der Waals surface area contributed by atoms with Crippen LogP contribution in [0.15, 0.2) is 18.2 Å². The standard InChI is InChI=1S/C16H21NS/c1-9-6-10(2)15(11(3)7-9)16(17)14-8-12(4)18-13(14)5/h6-8,16H,17H2,1-5H3. The van der Waals surface area contributed by atoms with Crippen LogP contribution >= 0.6 is 11.3 Å². The molecule has 0 saturated heterocycles. The molecule has 1 heterocycles. The van der Waals surface area contributed by atoms with Gasteiger partial charge in [-0.3, -0.25) is 0 Å². The van der Waals surface area contributed by atoms with E-state index in [1.807, 2.05) is 11.3 Å². The molecule has 0 saturated carbocycles. The van der Waals surface area contributed by atoms with Gasteiger partial charge in [0.2, 0.25) is 0 Å². The summed E-state index contributed by atoms with van der Waals surface area (Å²) in [6, 6.07) is 6.66. The van der Waals surface area contributed by atoms with E-state index >= 15 is 0 Å². The fraction of sp³-hybridized carbons (Fsp3) is 0.375. The van der Waals surface area contributed by atoms with Crippen molar-refractivity contribution in [2.75, 3.05) is 0 Å². The first-order chi connectivity index (χ1) is 8.40. The van der Waals surface area contributed by atoms with Gasteiger partial charge in [-0.25, -0.2) is 0 Å². The minimum absolute atomic E-state index is 0.00412. The van der Waals surface area contributed by atoms with Crippen LogP contribution in [0.1, 0.15) is 43.6 Å². The highest BCUT2D eigenvalue weighted by molar-refractivity contribution is 7.12. The molecule has 0 aliphatic carbocycles. The highest BCUT2D eigenvalue weighted by Gasteiger charge is 2.17. The summed E-state index contributed by atoms with van der Waals surface area (Å²) in [6.07, 6.45) is 0. The Hall–Kier alpha value is -1.12. The minimum Gasteiger partial charge on any atom is -0.320 e. The number of hydrogen-bond donors (Lipinski definition) is 1. The Morgan fingerprint density at radius 3 is 1.94 bits per heavy atom. The second-order valence-electron chi connectivity index (χ2n) is 5.16. The zero-order valence-corrected chi connectivity index (χ0v) is 12.6. The normalized spacial score (nSPS) is 12.8. The van der Waals surface area contributed by atoms with E-state index in [1.165, 1.54) is 37.6 Å². The number of aryl methyl sites for hydroxylation is 5. The first kappa shape index (κ1) is 13.3. The molecule has 0 spiro atoms. The SMILES string of the molecule is Cc1cc(C)c(C(N)c2cc(C)sc2C)c(C)c1. The number of thiophene rings is 1. The maximum absolute atomic E-state index is 6.49. The summed E-state index contributed by atoms with van der Waals surface area (Å²) in [4.78, 5) is 2.67. The second-order valence-corrected chi connectivity index (χ2v) is 6.62. The van der Waals surface area contributed by atoms with E-state index in [0.29, 0.717) is 0 Å². The summed E-state index contributed by atoms with van der Waals surface area (Å²) in [6.45, 7) is 10.7. The maximum atomic E-state index is 6.49. The highest BCUT2D eigenvalue weighted by Crippen LogP contribution is 2.32. The fourth-order valence-electron chi connectivity index (χ4n) is 2.80.